The Balaban J connectivity index is 2.31. The van der Waals surface area contributed by atoms with Crippen molar-refractivity contribution in [2.45, 2.75) is 45.1 Å². The fourth-order valence-electron chi connectivity index (χ4n) is 3.03. The number of hydrogen-bond donors (Lipinski definition) is 2. The molecule has 1 saturated carbocycles. The third-order valence-corrected chi connectivity index (χ3v) is 4.94. The van der Waals surface area contributed by atoms with E-state index in [1.807, 2.05) is 6.92 Å². The normalized spacial score (nSPS) is 25.4. The van der Waals surface area contributed by atoms with Gasteiger partial charge in [0, 0.05) is 10.6 Å². The Bertz CT molecular complexity index is 573. The maximum atomic E-state index is 12.5. The monoisotopic (exact) mass is 309 g/mol. The molecule has 2 N–H and O–H groups in total. The van der Waals surface area contributed by atoms with E-state index in [0.717, 1.165) is 19.3 Å². The molecule has 4 nitrogen and oxygen atoms in total. The second kappa shape index (κ2) is 6.06. The van der Waals surface area contributed by atoms with Crippen molar-refractivity contribution in [2.24, 2.45) is 5.92 Å². The zero-order valence-electron chi connectivity index (χ0n) is 12.3. The van der Waals surface area contributed by atoms with Crippen LogP contribution in [0.25, 0.3) is 0 Å². The Labute approximate surface area is 129 Å². The number of amides is 1. The van der Waals surface area contributed by atoms with Crippen LogP contribution in [0.2, 0.25) is 5.02 Å². The summed E-state index contributed by atoms with van der Waals surface area (Å²) in [5, 5.41) is 12.9. The van der Waals surface area contributed by atoms with Crippen molar-refractivity contribution < 1.29 is 14.7 Å². The van der Waals surface area contributed by atoms with Gasteiger partial charge >= 0.3 is 5.97 Å². The summed E-state index contributed by atoms with van der Waals surface area (Å²) in [6, 6.07) is 5.07. The van der Waals surface area contributed by atoms with Gasteiger partial charge < -0.3 is 10.4 Å². The molecule has 0 aliphatic heterocycles. The minimum absolute atomic E-state index is 0.0906. The van der Waals surface area contributed by atoms with Gasteiger partial charge in [-0.15, -0.1) is 0 Å². The molecule has 2 atom stereocenters. The molecule has 0 bridgehead atoms. The van der Waals surface area contributed by atoms with Crippen molar-refractivity contribution in [3.63, 3.8) is 0 Å². The van der Waals surface area contributed by atoms with Crippen LogP contribution in [0.5, 0.6) is 0 Å². The van der Waals surface area contributed by atoms with Gasteiger partial charge in [-0.2, -0.15) is 0 Å². The summed E-state index contributed by atoms with van der Waals surface area (Å²) in [7, 11) is 0. The van der Waals surface area contributed by atoms with E-state index in [9.17, 15) is 14.7 Å². The molecule has 0 spiro atoms. The van der Waals surface area contributed by atoms with Crippen molar-refractivity contribution in [1.82, 2.24) is 5.32 Å². The Morgan fingerprint density at radius 1 is 1.38 bits per heavy atom. The maximum absolute atomic E-state index is 12.5. The second-order valence-corrected chi connectivity index (χ2v) is 6.20. The minimum Gasteiger partial charge on any atom is -0.479 e. The molecule has 1 aliphatic rings. The number of rotatable bonds is 3. The topological polar surface area (TPSA) is 66.4 Å². The van der Waals surface area contributed by atoms with Gasteiger partial charge in [0.05, 0.1) is 0 Å². The number of nitrogens with one attached hydrogen (secondary N) is 1. The van der Waals surface area contributed by atoms with Crippen molar-refractivity contribution in [3.05, 3.63) is 34.3 Å². The number of benzene rings is 1. The summed E-state index contributed by atoms with van der Waals surface area (Å²) in [5.74, 6) is -1.42. The highest BCUT2D eigenvalue weighted by Crippen LogP contribution is 2.34. The molecule has 0 saturated heterocycles. The van der Waals surface area contributed by atoms with E-state index in [0.29, 0.717) is 22.6 Å². The first-order valence-electron chi connectivity index (χ1n) is 7.19. The predicted molar refractivity (Wildman–Crippen MR) is 81.7 cm³/mol. The molecule has 0 radical (unpaired) electrons. The summed E-state index contributed by atoms with van der Waals surface area (Å²) in [6.07, 6.45) is 3.09. The third kappa shape index (κ3) is 2.91. The zero-order chi connectivity index (χ0) is 15.6. The van der Waals surface area contributed by atoms with Crippen molar-refractivity contribution in [2.75, 3.05) is 0 Å². The molecule has 1 aromatic rings. The summed E-state index contributed by atoms with van der Waals surface area (Å²) in [4.78, 5) is 24.3. The molecule has 1 aliphatic carbocycles. The molecule has 114 valence electrons. The molecule has 2 unspecified atom stereocenters. The zero-order valence-corrected chi connectivity index (χ0v) is 13.0. The number of carboxylic acids is 1. The van der Waals surface area contributed by atoms with Gasteiger partial charge in [-0.05, 0) is 43.4 Å². The van der Waals surface area contributed by atoms with Gasteiger partial charge in [-0.25, -0.2) is 4.79 Å². The molecular weight excluding hydrogens is 290 g/mol. The fraction of sp³-hybridized carbons (Fsp3) is 0.500. The summed E-state index contributed by atoms with van der Waals surface area (Å²) in [5.41, 5.74) is -0.0778. The first kappa shape index (κ1) is 15.8. The van der Waals surface area contributed by atoms with Gasteiger partial charge in [0.15, 0.2) is 0 Å². The van der Waals surface area contributed by atoms with Crippen LogP contribution in [0.4, 0.5) is 0 Å². The van der Waals surface area contributed by atoms with Crippen LogP contribution in [-0.4, -0.2) is 22.5 Å². The first-order chi connectivity index (χ1) is 9.88. The van der Waals surface area contributed by atoms with E-state index in [1.165, 1.54) is 0 Å². The van der Waals surface area contributed by atoms with E-state index in [-0.39, 0.29) is 11.8 Å². The van der Waals surface area contributed by atoms with E-state index in [1.54, 1.807) is 25.1 Å². The van der Waals surface area contributed by atoms with Gasteiger partial charge in [0.2, 0.25) is 0 Å². The van der Waals surface area contributed by atoms with Crippen LogP contribution in [-0.2, 0) is 4.79 Å². The lowest BCUT2D eigenvalue weighted by Gasteiger charge is -2.39. The van der Waals surface area contributed by atoms with Gasteiger partial charge in [-0.1, -0.05) is 37.4 Å². The lowest BCUT2D eigenvalue weighted by atomic mass is 9.73. The van der Waals surface area contributed by atoms with Crippen molar-refractivity contribution >= 4 is 23.5 Å². The van der Waals surface area contributed by atoms with Crippen molar-refractivity contribution in [3.8, 4) is 0 Å². The van der Waals surface area contributed by atoms with Crippen LogP contribution in [0.3, 0.4) is 0 Å². The third-order valence-electron chi connectivity index (χ3n) is 4.53. The lowest BCUT2D eigenvalue weighted by molar-refractivity contribution is -0.148. The molecule has 1 aromatic carbocycles. The van der Waals surface area contributed by atoms with Crippen LogP contribution >= 0.6 is 11.6 Å². The molecule has 1 fully saturated rings. The largest absolute Gasteiger partial charge is 0.479 e. The van der Waals surface area contributed by atoms with E-state index >= 15 is 0 Å². The van der Waals surface area contributed by atoms with E-state index in [4.69, 9.17) is 11.6 Å². The number of halogens is 1. The standard InChI is InChI=1S/C16H20ClNO3/c1-10-6-3-4-9-16(10,15(20)21)18-14(19)12-7-5-8-13(17)11(12)2/h5,7-8,10H,3-4,6,9H2,1-2H3,(H,18,19)(H,20,21). The Hall–Kier alpha value is -1.55. The average molecular weight is 310 g/mol. The Kier molecular flexibility index (Phi) is 4.57. The van der Waals surface area contributed by atoms with Gasteiger partial charge in [-0.3, -0.25) is 4.79 Å². The molecular formula is C16H20ClNO3. The molecule has 21 heavy (non-hydrogen) atoms. The Morgan fingerprint density at radius 3 is 2.71 bits per heavy atom. The second-order valence-electron chi connectivity index (χ2n) is 5.79. The van der Waals surface area contributed by atoms with Crippen LogP contribution in [0.1, 0.15) is 48.5 Å². The van der Waals surface area contributed by atoms with Crippen molar-refractivity contribution in [1.29, 1.82) is 0 Å². The quantitative estimate of drug-likeness (QED) is 0.899. The lowest BCUT2D eigenvalue weighted by Crippen LogP contribution is -2.60. The smallest absolute Gasteiger partial charge is 0.329 e. The predicted octanol–water partition coefficient (Wildman–Crippen LogP) is 3.41. The first-order valence-corrected chi connectivity index (χ1v) is 7.57. The SMILES string of the molecule is Cc1c(Cl)cccc1C(=O)NC1(C(=O)O)CCCCC1C. The number of carbonyl (C=O) groups excluding carboxylic acids is 1. The number of carbonyl (C=O) groups is 2. The number of aliphatic carboxylic acids is 1. The van der Waals surface area contributed by atoms with E-state index < -0.39 is 11.5 Å². The number of carboxylic acid groups (broad SMARTS) is 1. The molecule has 5 heteroatoms. The highest BCUT2D eigenvalue weighted by Gasteiger charge is 2.46. The fourth-order valence-corrected chi connectivity index (χ4v) is 3.20. The van der Waals surface area contributed by atoms with Crippen LogP contribution in [0.15, 0.2) is 18.2 Å². The van der Waals surface area contributed by atoms with Crippen LogP contribution in [0, 0.1) is 12.8 Å². The Morgan fingerprint density at radius 2 is 2.10 bits per heavy atom. The number of hydrogen-bond acceptors (Lipinski definition) is 2. The average Bonchev–Trinajstić information content (AvgIpc) is 2.44. The van der Waals surface area contributed by atoms with Gasteiger partial charge in [0.25, 0.3) is 5.91 Å². The molecule has 2 rings (SSSR count). The summed E-state index contributed by atoms with van der Waals surface area (Å²) in [6.45, 7) is 3.65. The maximum Gasteiger partial charge on any atom is 0.329 e. The summed E-state index contributed by atoms with van der Waals surface area (Å²) < 4.78 is 0. The minimum atomic E-state index is -1.18. The van der Waals surface area contributed by atoms with Gasteiger partial charge in [0.1, 0.15) is 5.54 Å². The molecule has 0 heterocycles. The molecule has 0 aromatic heterocycles. The molecule has 1 amide bonds. The summed E-state index contributed by atoms with van der Waals surface area (Å²) >= 11 is 6.03. The highest BCUT2D eigenvalue weighted by molar-refractivity contribution is 6.31. The van der Waals surface area contributed by atoms with Crippen LogP contribution < -0.4 is 5.32 Å². The highest BCUT2D eigenvalue weighted by atomic mass is 35.5. The van der Waals surface area contributed by atoms with E-state index in [2.05, 4.69) is 5.32 Å².